The standard InChI is InChI=1S/C19H32N4O2/c1-14-9-15(2)11-17(10-14)18(24)12-20-19(25)21-16(3)13-23-7-5-22(4)6-8-23/h9-11,16,18,24H,5-8,12-13H2,1-4H3,(H2,20,21,25)/t16-,18-/m0/s1. The van der Waals surface area contributed by atoms with Crippen molar-refractivity contribution in [3.8, 4) is 0 Å². The molecule has 1 saturated heterocycles. The van der Waals surface area contributed by atoms with Gasteiger partial charge in [0.2, 0.25) is 0 Å². The first-order valence-electron chi connectivity index (χ1n) is 9.05. The Balaban J connectivity index is 1.72. The van der Waals surface area contributed by atoms with Crippen LogP contribution < -0.4 is 10.6 Å². The molecule has 140 valence electrons. The number of carbonyl (C=O) groups excluding carboxylic acids is 1. The predicted octanol–water partition coefficient (Wildman–Crippen LogP) is 1.27. The van der Waals surface area contributed by atoms with Gasteiger partial charge in [-0.2, -0.15) is 0 Å². The van der Waals surface area contributed by atoms with E-state index in [2.05, 4.69) is 33.5 Å². The maximum atomic E-state index is 12.1. The number of hydrogen-bond acceptors (Lipinski definition) is 4. The molecule has 0 unspecified atom stereocenters. The molecule has 0 saturated carbocycles. The molecule has 6 nitrogen and oxygen atoms in total. The van der Waals surface area contributed by atoms with E-state index in [0.29, 0.717) is 0 Å². The Hall–Kier alpha value is -1.63. The van der Waals surface area contributed by atoms with Crippen molar-refractivity contribution >= 4 is 6.03 Å². The van der Waals surface area contributed by atoms with Gasteiger partial charge >= 0.3 is 6.03 Å². The van der Waals surface area contributed by atoms with E-state index in [4.69, 9.17) is 0 Å². The van der Waals surface area contributed by atoms with Gasteiger partial charge in [0.15, 0.2) is 0 Å². The third kappa shape index (κ3) is 6.65. The largest absolute Gasteiger partial charge is 0.387 e. The number of aliphatic hydroxyl groups is 1. The number of nitrogens with one attached hydrogen (secondary N) is 2. The van der Waals surface area contributed by atoms with E-state index in [-0.39, 0.29) is 18.6 Å². The Kier molecular flexibility index (Phi) is 7.23. The molecule has 0 aliphatic carbocycles. The highest BCUT2D eigenvalue weighted by molar-refractivity contribution is 5.74. The number of rotatable bonds is 6. The molecule has 0 aromatic heterocycles. The third-order valence-corrected chi connectivity index (χ3v) is 4.59. The summed E-state index contributed by atoms with van der Waals surface area (Å²) in [6, 6.07) is 5.81. The molecule has 1 aliphatic rings. The summed E-state index contributed by atoms with van der Waals surface area (Å²) in [5.74, 6) is 0. The Bertz CT molecular complexity index is 550. The predicted molar refractivity (Wildman–Crippen MR) is 101 cm³/mol. The molecule has 1 aromatic rings. The Labute approximate surface area is 151 Å². The van der Waals surface area contributed by atoms with Crippen LogP contribution in [0.25, 0.3) is 0 Å². The molecule has 1 fully saturated rings. The number of likely N-dealkylation sites (N-methyl/N-ethyl adjacent to an activating group) is 1. The SMILES string of the molecule is Cc1cc(C)cc([C@@H](O)CNC(=O)N[C@@H](C)CN2CCN(C)CC2)c1. The topological polar surface area (TPSA) is 67.8 Å². The summed E-state index contributed by atoms with van der Waals surface area (Å²) in [7, 11) is 2.13. The highest BCUT2D eigenvalue weighted by Gasteiger charge is 2.17. The lowest BCUT2D eigenvalue weighted by atomic mass is 10.0. The molecule has 2 atom stereocenters. The molecule has 3 N–H and O–H groups in total. The molecule has 0 spiro atoms. The lowest BCUT2D eigenvalue weighted by molar-refractivity contribution is 0.143. The van der Waals surface area contributed by atoms with Crippen molar-refractivity contribution in [2.45, 2.75) is 32.9 Å². The van der Waals surface area contributed by atoms with Crippen LogP contribution in [-0.4, -0.2) is 73.3 Å². The second kappa shape index (κ2) is 9.17. The van der Waals surface area contributed by atoms with Crippen molar-refractivity contribution in [1.29, 1.82) is 0 Å². The van der Waals surface area contributed by atoms with Gasteiger partial charge in [0.1, 0.15) is 0 Å². The lowest BCUT2D eigenvalue weighted by Gasteiger charge is -2.34. The maximum absolute atomic E-state index is 12.1. The smallest absolute Gasteiger partial charge is 0.315 e. The quantitative estimate of drug-likeness (QED) is 0.724. The zero-order valence-corrected chi connectivity index (χ0v) is 15.9. The van der Waals surface area contributed by atoms with Gasteiger partial charge in [0.05, 0.1) is 6.10 Å². The van der Waals surface area contributed by atoms with Crippen molar-refractivity contribution in [3.63, 3.8) is 0 Å². The molecular formula is C19H32N4O2. The minimum absolute atomic E-state index is 0.0711. The maximum Gasteiger partial charge on any atom is 0.315 e. The summed E-state index contributed by atoms with van der Waals surface area (Å²) in [4.78, 5) is 16.7. The minimum Gasteiger partial charge on any atom is -0.387 e. The normalized spacial score (nSPS) is 18.6. The van der Waals surface area contributed by atoms with Crippen LogP contribution in [0.5, 0.6) is 0 Å². The van der Waals surface area contributed by atoms with Crippen molar-refractivity contribution in [1.82, 2.24) is 20.4 Å². The summed E-state index contributed by atoms with van der Waals surface area (Å²) >= 11 is 0. The van der Waals surface area contributed by atoms with Crippen LogP contribution in [0.2, 0.25) is 0 Å². The molecule has 1 aliphatic heterocycles. The van der Waals surface area contributed by atoms with E-state index in [0.717, 1.165) is 49.4 Å². The van der Waals surface area contributed by atoms with E-state index in [1.165, 1.54) is 0 Å². The second-order valence-corrected chi connectivity index (χ2v) is 7.30. The molecule has 25 heavy (non-hydrogen) atoms. The summed E-state index contributed by atoms with van der Waals surface area (Å²) in [5.41, 5.74) is 3.06. The number of aliphatic hydroxyl groups excluding tert-OH is 1. The summed E-state index contributed by atoms with van der Waals surface area (Å²) < 4.78 is 0. The zero-order valence-electron chi connectivity index (χ0n) is 15.9. The fraction of sp³-hybridized carbons (Fsp3) is 0.632. The van der Waals surface area contributed by atoms with E-state index in [1.54, 1.807) is 0 Å². The Morgan fingerprint density at radius 2 is 1.76 bits per heavy atom. The molecule has 0 radical (unpaired) electrons. The van der Waals surface area contributed by atoms with Crippen molar-refractivity contribution in [2.75, 3.05) is 46.3 Å². The fourth-order valence-corrected chi connectivity index (χ4v) is 3.25. The van der Waals surface area contributed by atoms with Gasteiger partial charge in [-0.3, -0.25) is 4.90 Å². The van der Waals surface area contributed by atoms with Crippen LogP contribution in [0, 0.1) is 13.8 Å². The monoisotopic (exact) mass is 348 g/mol. The molecule has 1 aromatic carbocycles. The number of benzene rings is 1. The first kappa shape index (κ1) is 19.7. The summed E-state index contributed by atoms with van der Waals surface area (Å²) in [6.07, 6.45) is -0.697. The van der Waals surface area contributed by atoms with Gasteiger partial charge in [-0.05, 0) is 33.4 Å². The van der Waals surface area contributed by atoms with E-state index in [1.807, 2.05) is 32.9 Å². The number of nitrogens with zero attached hydrogens (tertiary/aromatic N) is 2. The highest BCUT2D eigenvalue weighted by Crippen LogP contribution is 2.16. The van der Waals surface area contributed by atoms with Crippen molar-refractivity contribution in [2.24, 2.45) is 0 Å². The van der Waals surface area contributed by atoms with Crippen LogP contribution in [0.1, 0.15) is 29.7 Å². The number of amides is 2. The number of urea groups is 1. The van der Waals surface area contributed by atoms with Gasteiger partial charge in [0, 0.05) is 45.3 Å². The molecule has 1 heterocycles. The molecule has 6 heteroatoms. The Morgan fingerprint density at radius 3 is 2.36 bits per heavy atom. The lowest BCUT2D eigenvalue weighted by Crippen LogP contribution is -2.51. The highest BCUT2D eigenvalue weighted by atomic mass is 16.3. The van der Waals surface area contributed by atoms with Crippen LogP contribution >= 0.6 is 0 Å². The van der Waals surface area contributed by atoms with Gasteiger partial charge in [-0.1, -0.05) is 29.3 Å². The van der Waals surface area contributed by atoms with Crippen molar-refractivity contribution < 1.29 is 9.90 Å². The van der Waals surface area contributed by atoms with Crippen LogP contribution in [0.4, 0.5) is 4.79 Å². The molecule has 2 amide bonds. The molecule has 0 bridgehead atoms. The number of aryl methyl sites for hydroxylation is 2. The average Bonchev–Trinajstić information content (AvgIpc) is 2.53. The second-order valence-electron chi connectivity index (χ2n) is 7.30. The van der Waals surface area contributed by atoms with Gasteiger partial charge in [0.25, 0.3) is 0 Å². The summed E-state index contributed by atoms with van der Waals surface area (Å²) in [6.45, 7) is 11.3. The van der Waals surface area contributed by atoms with Crippen LogP contribution in [-0.2, 0) is 0 Å². The Morgan fingerprint density at radius 1 is 1.16 bits per heavy atom. The third-order valence-electron chi connectivity index (χ3n) is 4.59. The van der Waals surface area contributed by atoms with Gasteiger partial charge in [-0.25, -0.2) is 4.79 Å². The number of piperazine rings is 1. The fourth-order valence-electron chi connectivity index (χ4n) is 3.25. The first-order valence-corrected chi connectivity index (χ1v) is 9.05. The van der Waals surface area contributed by atoms with E-state index in [9.17, 15) is 9.90 Å². The summed E-state index contributed by atoms with van der Waals surface area (Å²) in [5, 5.41) is 16.0. The zero-order chi connectivity index (χ0) is 18.4. The van der Waals surface area contributed by atoms with Crippen molar-refractivity contribution in [3.05, 3.63) is 34.9 Å². The molecular weight excluding hydrogens is 316 g/mol. The van der Waals surface area contributed by atoms with E-state index < -0.39 is 6.10 Å². The minimum atomic E-state index is -0.697. The first-order chi connectivity index (χ1) is 11.8. The van der Waals surface area contributed by atoms with Gasteiger partial charge < -0.3 is 20.6 Å². The van der Waals surface area contributed by atoms with Gasteiger partial charge in [-0.15, -0.1) is 0 Å². The average molecular weight is 348 g/mol. The van der Waals surface area contributed by atoms with E-state index >= 15 is 0 Å². The van der Waals surface area contributed by atoms with Crippen LogP contribution in [0.15, 0.2) is 18.2 Å². The number of carbonyl (C=O) groups is 1. The number of hydrogen-bond donors (Lipinski definition) is 3. The molecule has 2 rings (SSSR count). The van der Waals surface area contributed by atoms with Crippen LogP contribution in [0.3, 0.4) is 0 Å².